The number of cyclic esters (lactones) is 1. The molecule has 210 valence electrons. The SMILES string of the molecule is CC1=C[C@H]2O[C@@H]3C[C@H]4OC(=O)/C=C\CC[C@@]56OCC/C(=C\C(=O)OC[C@@]2(CC1)[C@]4(C)[C@]31CO1)[C@H]5OC(=O)[C@@H]6O. The second-order valence-corrected chi connectivity index (χ2v) is 12.3. The van der Waals surface area contributed by atoms with Gasteiger partial charge in [-0.05, 0) is 44.6 Å². The molecule has 0 aromatic carbocycles. The molecule has 4 saturated heterocycles. The van der Waals surface area contributed by atoms with Gasteiger partial charge in [-0.2, -0.15) is 0 Å². The van der Waals surface area contributed by atoms with E-state index < -0.39 is 58.3 Å². The highest BCUT2D eigenvalue weighted by Crippen LogP contribution is 2.72. The lowest BCUT2D eigenvalue weighted by Gasteiger charge is -2.58. The van der Waals surface area contributed by atoms with Crippen molar-refractivity contribution in [1.82, 2.24) is 0 Å². The van der Waals surface area contributed by atoms with Crippen LogP contribution in [0.2, 0.25) is 0 Å². The number of aliphatic hydroxyl groups is 1. The molecule has 5 heterocycles. The smallest absolute Gasteiger partial charge is 0.338 e. The summed E-state index contributed by atoms with van der Waals surface area (Å²) in [5.41, 5.74) is -1.50. The molecule has 10 nitrogen and oxygen atoms in total. The van der Waals surface area contributed by atoms with Gasteiger partial charge in [-0.25, -0.2) is 14.4 Å². The van der Waals surface area contributed by atoms with Crippen LogP contribution in [-0.4, -0.2) is 84.6 Å². The van der Waals surface area contributed by atoms with Crippen LogP contribution in [0, 0.1) is 10.8 Å². The first kappa shape index (κ1) is 25.4. The van der Waals surface area contributed by atoms with E-state index in [1.807, 2.05) is 0 Å². The van der Waals surface area contributed by atoms with Crippen molar-refractivity contribution in [3.05, 3.63) is 35.5 Å². The molecule has 1 saturated carbocycles. The van der Waals surface area contributed by atoms with Crippen LogP contribution in [0.1, 0.15) is 52.4 Å². The summed E-state index contributed by atoms with van der Waals surface area (Å²) in [6, 6.07) is 0. The zero-order chi connectivity index (χ0) is 27.2. The molecule has 0 amide bonds. The van der Waals surface area contributed by atoms with E-state index in [2.05, 4.69) is 19.9 Å². The lowest BCUT2D eigenvalue weighted by Crippen LogP contribution is -2.66. The summed E-state index contributed by atoms with van der Waals surface area (Å²) in [6.45, 7) is 4.94. The first-order chi connectivity index (χ1) is 18.7. The highest BCUT2D eigenvalue weighted by Gasteiger charge is 2.83. The predicted octanol–water partition coefficient (Wildman–Crippen LogP) is 1.84. The molecule has 0 aromatic heterocycles. The maximum Gasteiger partial charge on any atom is 0.338 e. The van der Waals surface area contributed by atoms with E-state index in [1.165, 1.54) is 17.7 Å². The molecule has 39 heavy (non-hydrogen) atoms. The normalized spacial score (nSPS) is 50.9. The molecule has 2 spiro atoms. The maximum atomic E-state index is 13.3. The van der Waals surface area contributed by atoms with Gasteiger partial charge in [0.15, 0.2) is 12.2 Å². The summed E-state index contributed by atoms with van der Waals surface area (Å²) in [5.74, 6) is -1.84. The van der Waals surface area contributed by atoms with Crippen molar-refractivity contribution < 1.29 is 47.9 Å². The van der Waals surface area contributed by atoms with Gasteiger partial charge in [0.1, 0.15) is 23.9 Å². The quantitative estimate of drug-likeness (QED) is 0.209. The summed E-state index contributed by atoms with van der Waals surface area (Å²) in [7, 11) is 0. The molecule has 9 atom stereocenters. The van der Waals surface area contributed by atoms with Crippen LogP contribution in [0.25, 0.3) is 0 Å². The Morgan fingerprint density at radius 2 is 1.82 bits per heavy atom. The van der Waals surface area contributed by atoms with Crippen molar-refractivity contribution in [2.45, 2.75) is 94.1 Å². The fraction of sp³-hybridized carbons (Fsp3) is 0.690. The van der Waals surface area contributed by atoms with Crippen LogP contribution >= 0.6 is 0 Å². The minimum Gasteiger partial charge on any atom is -0.462 e. The molecule has 0 unspecified atom stereocenters. The molecule has 7 rings (SSSR count). The molecule has 5 aliphatic heterocycles. The van der Waals surface area contributed by atoms with Gasteiger partial charge < -0.3 is 33.5 Å². The number of epoxide rings is 1. The zero-order valence-corrected chi connectivity index (χ0v) is 22.2. The maximum absolute atomic E-state index is 13.3. The first-order valence-electron chi connectivity index (χ1n) is 13.9. The summed E-state index contributed by atoms with van der Waals surface area (Å²) >= 11 is 0. The van der Waals surface area contributed by atoms with Gasteiger partial charge >= 0.3 is 17.9 Å². The van der Waals surface area contributed by atoms with Gasteiger partial charge in [-0.1, -0.05) is 24.6 Å². The number of allylic oxidation sites excluding steroid dienone is 2. The van der Waals surface area contributed by atoms with Crippen LogP contribution in [0.4, 0.5) is 0 Å². The largest absolute Gasteiger partial charge is 0.462 e. The van der Waals surface area contributed by atoms with Crippen LogP contribution in [-0.2, 0) is 42.8 Å². The molecule has 4 bridgehead atoms. The van der Waals surface area contributed by atoms with Gasteiger partial charge in [0, 0.05) is 24.0 Å². The number of hydrogen-bond acceptors (Lipinski definition) is 10. The minimum absolute atomic E-state index is 0.0526. The topological polar surface area (TPSA) is 130 Å². The van der Waals surface area contributed by atoms with E-state index in [1.54, 1.807) is 6.08 Å². The third-order valence-corrected chi connectivity index (χ3v) is 10.7. The van der Waals surface area contributed by atoms with E-state index in [4.69, 9.17) is 28.4 Å². The van der Waals surface area contributed by atoms with Crippen LogP contribution in [0.3, 0.4) is 0 Å². The van der Waals surface area contributed by atoms with Crippen LogP contribution in [0.5, 0.6) is 0 Å². The fourth-order valence-electron chi connectivity index (χ4n) is 8.34. The molecule has 0 aromatic rings. The standard InChI is InChI=1S/C29H34O10/c1-16-6-9-27-14-34-22(31)12-17-7-10-35-28(23(32)25(33)39-24(17)28)8-4-3-5-21(30)38-18-13-20(37-19(27)11-16)29(15-36-29)26(18,27)2/h3,5,11-12,18-20,23-24,32H,4,6-10,13-15H2,1-2H3/b5-3-,17-12+/t18-,19-,20-,23+,24-,26-,27-,28+,29+/m1/s1. The van der Waals surface area contributed by atoms with Crippen molar-refractivity contribution in [2.24, 2.45) is 10.8 Å². The number of aliphatic hydroxyl groups excluding tert-OH is 1. The van der Waals surface area contributed by atoms with Gasteiger partial charge in [0.2, 0.25) is 0 Å². The van der Waals surface area contributed by atoms with Gasteiger partial charge in [0.05, 0.1) is 30.8 Å². The van der Waals surface area contributed by atoms with E-state index in [0.717, 1.165) is 6.42 Å². The lowest BCUT2D eigenvalue weighted by molar-refractivity contribution is -0.232. The number of carbonyl (C=O) groups excluding carboxylic acids is 3. The second-order valence-electron chi connectivity index (χ2n) is 12.3. The fourth-order valence-corrected chi connectivity index (χ4v) is 8.34. The Balaban J connectivity index is 1.30. The highest BCUT2D eigenvalue weighted by molar-refractivity contribution is 5.85. The molecule has 1 N–H and O–H groups in total. The number of hydrogen-bond donors (Lipinski definition) is 1. The number of ether oxygens (including phenoxy) is 6. The number of esters is 3. The second kappa shape index (κ2) is 8.49. The molecule has 10 heteroatoms. The Labute approximate surface area is 226 Å². The Kier molecular flexibility index (Phi) is 5.54. The predicted molar refractivity (Wildman–Crippen MR) is 132 cm³/mol. The first-order valence-corrected chi connectivity index (χ1v) is 13.9. The molecular weight excluding hydrogens is 508 g/mol. The summed E-state index contributed by atoms with van der Waals surface area (Å²) in [4.78, 5) is 38.8. The Morgan fingerprint density at radius 3 is 2.62 bits per heavy atom. The molecule has 2 aliphatic carbocycles. The van der Waals surface area contributed by atoms with E-state index >= 15 is 0 Å². The third-order valence-electron chi connectivity index (χ3n) is 10.7. The molecular formula is C29H34O10. The van der Waals surface area contributed by atoms with Crippen molar-refractivity contribution >= 4 is 17.9 Å². The lowest BCUT2D eigenvalue weighted by atomic mass is 9.51. The van der Waals surface area contributed by atoms with Crippen molar-refractivity contribution in [2.75, 3.05) is 19.8 Å². The monoisotopic (exact) mass is 542 g/mol. The average Bonchev–Trinajstić information content (AvgIpc) is 3.64. The number of carbonyl (C=O) groups is 3. The third kappa shape index (κ3) is 3.32. The van der Waals surface area contributed by atoms with E-state index in [9.17, 15) is 19.5 Å². The Bertz CT molecular complexity index is 1210. The van der Waals surface area contributed by atoms with Crippen molar-refractivity contribution in [3.8, 4) is 0 Å². The van der Waals surface area contributed by atoms with Crippen LogP contribution < -0.4 is 0 Å². The van der Waals surface area contributed by atoms with Gasteiger partial charge in [0.25, 0.3) is 0 Å². The van der Waals surface area contributed by atoms with E-state index in [-0.39, 0.29) is 31.8 Å². The minimum atomic E-state index is -1.50. The van der Waals surface area contributed by atoms with Gasteiger partial charge in [-0.3, -0.25) is 0 Å². The Morgan fingerprint density at radius 1 is 1.00 bits per heavy atom. The van der Waals surface area contributed by atoms with E-state index in [0.29, 0.717) is 37.9 Å². The average molecular weight is 543 g/mol. The molecule has 5 fully saturated rings. The van der Waals surface area contributed by atoms with Crippen molar-refractivity contribution in [1.29, 1.82) is 0 Å². The summed E-state index contributed by atoms with van der Waals surface area (Å²) in [6.07, 6.45) is 5.99. The van der Waals surface area contributed by atoms with Crippen LogP contribution in [0.15, 0.2) is 35.5 Å². The molecule has 0 radical (unpaired) electrons. The molecule has 7 aliphatic rings. The number of rotatable bonds is 0. The van der Waals surface area contributed by atoms with Gasteiger partial charge in [-0.15, -0.1) is 0 Å². The Hall–Kier alpha value is -2.53. The highest BCUT2D eigenvalue weighted by atomic mass is 16.6. The van der Waals surface area contributed by atoms with Crippen molar-refractivity contribution in [3.63, 3.8) is 0 Å². The summed E-state index contributed by atoms with van der Waals surface area (Å²) < 4.78 is 36.4. The zero-order valence-electron chi connectivity index (χ0n) is 22.2. The summed E-state index contributed by atoms with van der Waals surface area (Å²) in [5, 5.41) is 10.7.